The fraction of sp³-hybridized carbons (Fsp3) is 0.417. The van der Waals surface area contributed by atoms with E-state index < -0.39 is 5.25 Å². The Labute approximate surface area is 187 Å². The van der Waals surface area contributed by atoms with Gasteiger partial charge in [0.25, 0.3) is 0 Å². The van der Waals surface area contributed by atoms with Gasteiger partial charge in [-0.15, -0.1) is 0 Å². The maximum absolute atomic E-state index is 13.0. The lowest BCUT2D eigenvalue weighted by atomic mass is 10.1. The number of nitrogens with zero attached hydrogens (tertiary/aromatic N) is 3. The molecule has 1 saturated heterocycles. The van der Waals surface area contributed by atoms with Crippen molar-refractivity contribution in [2.24, 2.45) is 0 Å². The predicted molar refractivity (Wildman–Crippen MR) is 121 cm³/mol. The van der Waals surface area contributed by atoms with Crippen molar-refractivity contribution in [3.63, 3.8) is 0 Å². The first-order valence-electron chi connectivity index (χ1n) is 10.5. The van der Waals surface area contributed by atoms with Crippen molar-refractivity contribution in [3.05, 3.63) is 46.6 Å². The molecule has 6 nitrogen and oxygen atoms in total. The van der Waals surface area contributed by atoms with Crippen LogP contribution in [0.5, 0.6) is 5.75 Å². The molecule has 1 atom stereocenters. The van der Waals surface area contributed by atoms with Gasteiger partial charge in [0, 0.05) is 12.1 Å². The normalized spacial score (nSPS) is 16.0. The second kappa shape index (κ2) is 9.97. The summed E-state index contributed by atoms with van der Waals surface area (Å²) in [6.45, 7) is 8.48. The van der Waals surface area contributed by atoms with Crippen LogP contribution in [0.4, 0.5) is 5.69 Å². The van der Waals surface area contributed by atoms with Gasteiger partial charge in [0.15, 0.2) is 0 Å². The molecule has 0 radical (unpaired) electrons. The number of benzene rings is 1. The molecule has 162 valence electrons. The summed E-state index contributed by atoms with van der Waals surface area (Å²) in [6.07, 6.45) is 3.33. The topological polar surface area (TPSA) is 83.3 Å². The third-order valence-electron chi connectivity index (χ3n) is 5.55. The molecule has 2 aromatic rings. The Balaban J connectivity index is 1.74. The number of imide groups is 1. The Morgan fingerprint density at radius 2 is 1.87 bits per heavy atom. The first-order chi connectivity index (χ1) is 14.9. The van der Waals surface area contributed by atoms with Crippen LogP contribution >= 0.6 is 11.8 Å². The molecule has 1 aliphatic heterocycles. The first-order valence-corrected chi connectivity index (χ1v) is 11.4. The molecule has 1 aromatic carbocycles. The second-order valence-corrected chi connectivity index (χ2v) is 8.86. The zero-order valence-corrected chi connectivity index (χ0v) is 19.2. The SMILES string of the molecule is CCCCCOc1ccc(N2C(=O)C[C@@H](Sc3nc(C)c(C)c(C)c3C#N)C2=O)cc1. The van der Waals surface area contributed by atoms with Gasteiger partial charge in [-0.05, 0) is 62.6 Å². The number of pyridine rings is 1. The van der Waals surface area contributed by atoms with Gasteiger partial charge in [-0.3, -0.25) is 9.59 Å². The monoisotopic (exact) mass is 437 g/mol. The summed E-state index contributed by atoms with van der Waals surface area (Å²) in [7, 11) is 0. The molecule has 0 unspecified atom stereocenters. The summed E-state index contributed by atoms with van der Waals surface area (Å²) in [5, 5.41) is 9.48. The summed E-state index contributed by atoms with van der Waals surface area (Å²) >= 11 is 1.20. The molecule has 0 bridgehead atoms. The molecule has 7 heteroatoms. The Bertz CT molecular complexity index is 1030. The quantitative estimate of drug-likeness (QED) is 0.433. The highest BCUT2D eigenvalue weighted by Crippen LogP contribution is 2.36. The van der Waals surface area contributed by atoms with Gasteiger partial charge in [-0.2, -0.15) is 5.26 Å². The number of ether oxygens (including phenoxy) is 1. The minimum Gasteiger partial charge on any atom is -0.494 e. The summed E-state index contributed by atoms with van der Waals surface area (Å²) in [5.41, 5.74) is 3.65. The molecule has 1 fully saturated rings. The molecule has 3 rings (SSSR count). The number of amides is 2. The lowest BCUT2D eigenvalue weighted by Gasteiger charge is -2.16. The van der Waals surface area contributed by atoms with E-state index in [1.807, 2.05) is 20.8 Å². The Hall–Kier alpha value is -2.85. The van der Waals surface area contributed by atoms with Gasteiger partial charge in [0.1, 0.15) is 16.8 Å². The Morgan fingerprint density at radius 3 is 2.52 bits per heavy atom. The third-order valence-corrected chi connectivity index (χ3v) is 6.72. The van der Waals surface area contributed by atoms with E-state index in [4.69, 9.17) is 4.74 Å². The molecule has 0 aliphatic carbocycles. The average molecular weight is 438 g/mol. The molecule has 1 aliphatic rings. The van der Waals surface area contributed by atoms with Crippen LogP contribution in [0.3, 0.4) is 0 Å². The minimum absolute atomic E-state index is 0.0806. The lowest BCUT2D eigenvalue weighted by molar-refractivity contribution is -0.121. The number of rotatable bonds is 8. The first kappa shape index (κ1) is 22.8. The van der Waals surface area contributed by atoms with Crippen LogP contribution in [0.25, 0.3) is 0 Å². The van der Waals surface area contributed by atoms with E-state index in [0.29, 0.717) is 22.9 Å². The molecular formula is C24H27N3O3S. The number of carbonyl (C=O) groups is 2. The van der Waals surface area contributed by atoms with Gasteiger partial charge < -0.3 is 4.74 Å². The summed E-state index contributed by atoms with van der Waals surface area (Å²) in [6, 6.07) is 9.23. The number of thioether (sulfide) groups is 1. The molecule has 2 amide bonds. The number of nitriles is 1. The van der Waals surface area contributed by atoms with Crippen molar-refractivity contribution in [1.29, 1.82) is 5.26 Å². The molecular weight excluding hydrogens is 410 g/mol. The summed E-state index contributed by atoms with van der Waals surface area (Å²) < 4.78 is 5.71. The molecule has 0 saturated carbocycles. The van der Waals surface area contributed by atoms with E-state index >= 15 is 0 Å². The highest BCUT2D eigenvalue weighted by molar-refractivity contribution is 8.00. The predicted octanol–water partition coefficient (Wildman–Crippen LogP) is 4.87. The van der Waals surface area contributed by atoms with Gasteiger partial charge >= 0.3 is 0 Å². The molecule has 1 aromatic heterocycles. The second-order valence-electron chi connectivity index (χ2n) is 7.67. The molecule has 0 N–H and O–H groups in total. The Kier molecular flexibility index (Phi) is 7.34. The van der Waals surface area contributed by atoms with Crippen molar-refractivity contribution in [2.75, 3.05) is 11.5 Å². The highest BCUT2D eigenvalue weighted by atomic mass is 32.2. The molecule has 2 heterocycles. The van der Waals surface area contributed by atoms with E-state index in [1.54, 1.807) is 24.3 Å². The molecule has 0 spiro atoms. The Morgan fingerprint density at radius 1 is 1.16 bits per heavy atom. The summed E-state index contributed by atoms with van der Waals surface area (Å²) in [4.78, 5) is 31.4. The minimum atomic E-state index is -0.599. The van der Waals surface area contributed by atoms with Crippen LogP contribution < -0.4 is 9.64 Å². The zero-order valence-electron chi connectivity index (χ0n) is 18.4. The van der Waals surface area contributed by atoms with Crippen LogP contribution in [0.2, 0.25) is 0 Å². The number of anilines is 1. The number of aryl methyl sites for hydroxylation is 1. The van der Waals surface area contributed by atoms with Gasteiger partial charge in [0.2, 0.25) is 11.8 Å². The zero-order chi connectivity index (χ0) is 22.5. The largest absolute Gasteiger partial charge is 0.494 e. The number of hydrogen-bond donors (Lipinski definition) is 0. The maximum Gasteiger partial charge on any atom is 0.247 e. The van der Waals surface area contributed by atoms with E-state index in [9.17, 15) is 14.9 Å². The van der Waals surface area contributed by atoms with Gasteiger partial charge in [-0.25, -0.2) is 9.88 Å². The summed E-state index contributed by atoms with van der Waals surface area (Å²) in [5.74, 6) is 0.185. The number of hydrogen-bond acceptors (Lipinski definition) is 6. The number of unbranched alkanes of at least 4 members (excludes halogenated alkanes) is 2. The van der Waals surface area contributed by atoms with Crippen LogP contribution in [-0.4, -0.2) is 28.7 Å². The average Bonchev–Trinajstić information content (AvgIpc) is 3.03. The van der Waals surface area contributed by atoms with Crippen molar-refractivity contribution in [2.45, 2.75) is 63.7 Å². The van der Waals surface area contributed by atoms with Crippen molar-refractivity contribution in [1.82, 2.24) is 4.98 Å². The molecule has 31 heavy (non-hydrogen) atoms. The number of carbonyl (C=O) groups excluding carboxylic acids is 2. The van der Waals surface area contributed by atoms with Crippen molar-refractivity contribution >= 4 is 29.3 Å². The van der Waals surface area contributed by atoms with Gasteiger partial charge in [0.05, 0.1) is 23.1 Å². The van der Waals surface area contributed by atoms with E-state index in [1.165, 1.54) is 16.7 Å². The van der Waals surface area contributed by atoms with E-state index in [-0.39, 0.29) is 18.2 Å². The van der Waals surface area contributed by atoms with Crippen molar-refractivity contribution in [3.8, 4) is 11.8 Å². The number of aromatic nitrogens is 1. The van der Waals surface area contributed by atoms with Crippen LogP contribution in [0, 0.1) is 32.1 Å². The third kappa shape index (κ3) is 4.91. The fourth-order valence-corrected chi connectivity index (χ4v) is 4.67. The smallest absolute Gasteiger partial charge is 0.247 e. The fourth-order valence-electron chi connectivity index (χ4n) is 3.46. The van der Waals surface area contributed by atoms with Crippen LogP contribution in [0.15, 0.2) is 29.3 Å². The van der Waals surface area contributed by atoms with E-state index in [2.05, 4.69) is 18.0 Å². The highest BCUT2D eigenvalue weighted by Gasteiger charge is 2.41. The van der Waals surface area contributed by atoms with Gasteiger partial charge in [-0.1, -0.05) is 31.5 Å². The van der Waals surface area contributed by atoms with E-state index in [0.717, 1.165) is 41.8 Å². The van der Waals surface area contributed by atoms with Crippen LogP contribution in [-0.2, 0) is 9.59 Å². The van der Waals surface area contributed by atoms with Crippen molar-refractivity contribution < 1.29 is 14.3 Å². The lowest BCUT2D eigenvalue weighted by Crippen LogP contribution is -2.31. The van der Waals surface area contributed by atoms with Crippen LogP contribution in [0.1, 0.15) is 55.0 Å². The maximum atomic E-state index is 13.0. The standard InChI is InChI=1S/C24H27N3O3S/c1-5-6-7-12-30-19-10-8-18(9-11-19)27-22(28)13-21(24(27)29)31-23-20(14-25)16(3)15(2)17(4)26-23/h8-11,21H,5-7,12-13H2,1-4H3/t21-/m1/s1.